The molecule has 0 atom stereocenters. The lowest BCUT2D eigenvalue weighted by atomic mass is 10.2. The molecular formula is C17H20N2O2. The summed E-state index contributed by atoms with van der Waals surface area (Å²) in [5.41, 5.74) is 2.12. The molecule has 1 fully saturated rings. The molecule has 21 heavy (non-hydrogen) atoms. The number of hydrogen-bond acceptors (Lipinski definition) is 4. The monoisotopic (exact) mass is 284 g/mol. The van der Waals surface area contributed by atoms with Crippen molar-refractivity contribution in [3.63, 3.8) is 0 Å². The maximum absolute atomic E-state index is 5.55. The molecule has 0 unspecified atom stereocenters. The number of hydrogen-bond donors (Lipinski definition) is 1. The Kier molecular flexibility index (Phi) is 4.82. The normalized spacial score (nSPS) is 14.9. The number of benzene rings is 1. The lowest BCUT2D eigenvalue weighted by Gasteiger charge is -1.97. The number of nitrogens with one attached hydrogen (secondary N) is 1. The Morgan fingerprint density at radius 2 is 2.14 bits per heavy atom. The molecule has 110 valence electrons. The van der Waals surface area contributed by atoms with Gasteiger partial charge < -0.3 is 14.6 Å². The van der Waals surface area contributed by atoms with E-state index in [0.717, 1.165) is 18.0 Å². The minimum Gasteiger partial charge on any atom is -0.369 e. The van der Waals surface area contributed by atoms with Crippen molar-refractivity contribution in [1.29, 1.82) is 0 Å². The third-order valence-corrected chi connectivity index (χ3v) is 3.33. The van der Waals surface area contributed by atoms with Crippen LogP contribution in [0.4, 0.5) is 0 Å². The molecule has 1 aliphatic carbocycles. The SMILES string of the molecule is C(=Cc1ccccc1)COCc1cc(CNC2CC2)no1. The second-order valence-electron chi connectivity index (χ2n) is 5.27. The van der Waals surface area contributed by atoms with Gasteiger partial charge in [0.25, 0.3) is 0 Å². The van der Waals surface area contributed by atoms with E-state index in [1.807, 2.05) is 36.4 Å². The Labute approximate surface area is 124 Å². The van der Waals surface area contributed by atoms with E-state index in [2.05, 4.69) is 22.6 Å². The first kappa shape index (κ1) is 14.0. The molecule has 0 saturated heterocycles. The van der Waals surface area contributed by atoms with E-state index in [1.165, 1.54) is 18.4 Å². The van der Waals surface area contributed by atoms with Crippen LogP contribution >= 0.6 is 0 Å². The van der Waals surface area contributed by atoms with Crippen LogP contribution in [0.1, 0.15) is 29.9 Å². The molecule has 3 rings (SSSR count). The summed E-state index contributed by atoms with van der Waals surface area (Å²) in [6.45, 7) is 1.79. The van der Waals surface area contributed by atoms with Crippen LogP contribution < -0.4 is 5.32 Å². The Bertz CT molecular complexity index is 573. The van der Waals surface area contributed by atoms with E-state index in [9.17, 15) is 0 Å². The van der Waals surface area contributed by atoms with Crippen molar-refractivity contribution in [2.24, 2.45) is 0 Å². The summed E-state index contributed by atoms with van der Waals surface area (Å²) in [4.78, 5) is 0. The van der Waals surface area contributed by atoms with Gasteiger partial charge in [-0.05, 0) is 18.4 Å². The molecule has 0 aliphatic heterocycles. The van der Waals surface area contributed by atoms with Crippen molar-refractivity contribution in [3.05, 3.63) is 59.5 Å². The molecular weight excluding hydrogens is 264 g/mol. The Hall–Kier alpha value is -1.91. The Morgan fingerprint density at radius 3 is 2.95 bits per heavy atom. The summed E-state index contributed by atoms with van der Waals surface area (Å²) in [6, 6.07) is 12.8. The topological polar surface area (TPSA) is 47.3 Å². The van der Waals surface area contributed by atoms with Crippen molar-refractivity contribution in [3.8, 4) is 0 Å². The van der Waals surface area contributed by atoms with E-state index in [-0.39, 0.29) is 0 Å². The van der Waals surface area contributed by atoms with Crippen LogP contribution in [0.25, 0.3) is 6.08 Å². The van der Waals surface area contributed by atoms with Gasteiger partial charge in [0, 0.05) is 18.7 Å². The predicted octanol–water partition coefficient (Wildman–Crippen LogP) is 3.16. The third kappa shape index (κ3) is 4.85. The molecule has 0 amide bonds. The standard InChI is InChI=1S/C17H20N2O2/c1-2-5-14(6-3-1)7-4-10-20-13-17-11-16(19-21-17)12-18-15-8-9-15/h1-7,11,15,18H,8-10,12-13H2. The van der Waals surface area contributed by atoms with Gasteiger partial charge in [-0.1, -0.05) is 47.6 Å². The maximum atomic E-state index is 5.55. The van der Waals surface area contributed by atoms with Crippen LogP contribution in [0.2, 0.25) is 0 Å². The molecule has 0 radical (unpaired) electrons. The molecule has 1 aromatic heterocycles. The minimum atomic E-state index is 0.454. The highest BCUT2D eigenvalue weighted by atomic mass is 16.5. The summed E-state index contributed by atoms with van der Waals surface area (Å²) in [5, 5.41) is 7.43. The van der Waals surface area contributed by atoms with Gasteiger partial charge >= 0.3 is 0 Å². The second kappa shape index (κ2) is 7.20. The van der Waals surface area contributed by atoms with E-state index in [4.69, 9.17) is 9.26 Å². The number of rotatable bonds is 8. The zero-order valence-corrected chi connectivity index (χ0v) is 12.0. The fourth-order valence-corrected chi connectivity index (χ4v) is 2.02. The smallest absolute Gasteiger partial charge is 0.162 e. The molecule has 1 heterocycles. The van der Waals surface area contributed by atoms with E-state index in [1.54, 1.807) is 0 Å². The van der Waals surface area contributed by atoms with Crippen LogP contribution in [0.15, 0.2) is 47.0 Å². The Balaban J connectivity index is 1.36. The van der Waals surface area contributed by atoms with Crippen LogP contribution in [0.3, 0.4) is 0 Å². The molecule has 2 aromatic rings. The van der Waals surface area contributed by atoms with Gasteiger partial charge in [0.05, 0.1) is 12.3 Å². The van der Waals surface area contributed by atoms with Crippen molar-refractivity contribution in [1.82, 2.24) is 10.5 Å². The lowest BCUT2D eigenvalue weighted by Crippen LogP contribution is -2.15. The third-order valence-electron chi connectivity index (χ3n) is 3.33. The largest absolute Gasteiger partial charge is 0.369 e. The van der Waals surface area contributed by atoms with Crippen molar-refractivity contribution in [2.45, 2.75) is 32.0 Å². The minimum absolute atomic E-state index is 0.454. The van der Waals surface area contributed by atoms with E-state index in [0.29, 0.717) is 19.3 Å². The lowest BCUT2D eigenvalue weighted by molar-refractivity contribution is 0.125. The van der Waals surface area contributed by atoms with Crippen molar-refractivity contribution >= 4 is 6.08 Å². The molecule has 4 nitrogen and oxygen atoms in total. The summed E-state index contributed by atoms with van der Waals surface area (Å²) in [5.74, 6) is 0.774. The quantitative estimate of drug-likeness (QED) is 0.756. The highest BCUT2D eigenvalue weighted by Gasteiger charge is 2.20. The first-order chi connectivity index (χ1) is 10.4. The molecule has 1 N–H and O–H groups in total. The Morgan fingerprint density at radius 1 is 1.29 bits per heavy atom. The molecule has 4 heteroatoms. The second-order valence-corrected chi connectivity index (χ2v) is 5.27. The van der Waals surface area contributed by atoms with Gasteiger partial charge in [-0.25, -0.2) is 0 Å². The molecule has 1 aliphatic rings. The first-order valence-electron chi connectivity index (χ1n) is 7.37. The predicted molar refractivity (Wildman–Crippen MR) is 81.5 cm³/mol. The van der Waals surface area contributed by atoms with Crippen LogP contribution in [0, 0.1) is 0 Å². The fourth-order valence-electron chi connectivity index (χ4n) is 2.02. The molecule has 0 spiro atoms. The van der Waals surface area contributed by atoms with Crippen LogP contribution in [-0.2, 0) is 17.9 Å². The highest BCUT2D eigenvalue weighted by Crippen LogP contribution is 2.19. The van der Waals surface area contributed by atoms with Crippen molar-refractivity contribution < 1.29 is 9.26 Å². The fraction of sp³-hybridized carbons (Fsp3) is 0.353. The van der Waals surface area contributed by atoms with E-state index >= 15 is 0 Å². The maximum Gasteiger partial charge on any atom is 0.162 e. The van der Waals surface area contributed by atoms with Gasteiger partial charge in [0.2, 0.25) is 0 Å². The van der Waals surface area contributed by atoms with Gasteiger partial charge in [0.1, 0.15) is 6.61 Å². The van der Waals surface area contributed by atoms with E-state index < -0.39 is 0 Å². The average molecular weight is 284 g/mol. The molecule has 1 aromatic carbocycles. The number of aromatic nitrogens is 1. The van der Waals surface area contributed by atoms with Gasteiger partial charge in [0.15, 0.2) is 5.76 Å². The van der Waals surface area contributed by atoms with Gasteiger partial charge in [-0.15, -0.1) is 0 Å². The zero-order valence-electron chi connectivity index (χ0n) is 12.0. The molecule has 0 bridgehead atoms. The van der Waals surface area contributed by atoms with Gasteiger partial charge in [-0.2, -0.15) is 0 Å². The first-order valence-corrected chi connectivity index (χ1v) is 7.37. The number of nitrogens with zero attached hydrogens (tertiary/aromatic N) is 1. The number of ether oxygens (including phenoxy) is 1. The highest BCUT2D eigenvalue weighted by molar-refractivity contribution is 5.48. The summed E-state index contributed by atoms with van der Waals surface area (Å²) < 4.78 is 10.8. The zero-order chi connectivity index (χ0) is 14.3. The average Bonchev–Trinajstić information content (AvgIpc) is 3.25. The van der Waals surface area contributed by atoms with Gasteiger partial charge in [-0.3, -0.25) is 0 Å². The van der Waals surface area contributed by atoms with Crippen molar-refractivity contribution in [2.75, 3.05) is 6.61 Å². The molecule has 1 saturated carbocycles. The summed E-state index contributed by atoms with van der Waals surface area (Å²) in [7, 11) is 0. The van der Waals surface area contributed by atoms with Crippen LogP contribution in [0.5, 0.6) is 0 Å². The summed E-state index contributed by atoms with van der Waals surface area (Å²) >= 11 is 0. The summed E-state index contributed by atoms with van der Waals surface area (Å²) in [6.07, 6.45) is 6.61. The van der Waals surface area contributed by atoms with Crippen LogP contribution in [-0.4, -0.2) is 17.8 Å².